The number of aromatic nitrogens is 2. The van der Waals surface area contributed by atoms with Gasteiger partial charge in [-0.15, -0.1) is 0 Å². The molecule has 0 saturated carbocycles. The third kappa shape index (κ3) is 5.57. The monoisotopic (exact) mass is 537 g/mol. The topological polar surface area (TPSA) is 87.7 Å². The zero-order valence-electron chi connectivity index (χ0n) is 21.3. The number of amides is 2. The molecule has 198 valence electrons. The number of halogens is 2. The highest BCUT2D eigenvalue weighted by Gasteiger charge is 2.30. The first kappa shape index (κ1) is 25.9. The second-order valence-electron chi connectivity index (χ2n) is 9.77. The van der Waals surface area contributed by atoms with Gasteiger partial charge in [-0.05, 0) is 61.6 Å². The van der Waals surface area contributed by atoms with Crippen LogP contribution in [0.4, 0.5) is 26.5 Å². The predicted molar refractivity (Wildman–Crippen MR) is 146 cm³/mol. The van der Waals surface area contributed by atoms with Crippen molar-refractivity contribution in [1.29, 1.82) is 0 Å². The number of hydrogen-bond acceptors (Lipinski definition) is 6. The quantitative estimate of drug-likeness (QED) is 0.418. The SMILES string of the molecule is CCC1CN(C(=O)Nc2ccc(Cl)cc2F)c2ccc(-c3cnc(N4CCC(CC(C)=O)C4)nc3)cc2O1. The fourth-order valence-electron chi connectivity index (χ4n) is 4.93. The van der Waals surface area contributed by atoms with E-state index in [-0.39, 0.29) is 22.6 Å². The van der Waals surface area contributed by atoms with Crippen molar-refractivity contribution in [2.75, 3.05) is 34.8 Å². The fourth-order valence-corrected chi connectivity index (χ4v) is 5.09. The Labute approximate surface area is 225 Å². The summed E-state index contributed by atoms with van der Waals surface area (Å²) in [5.41, 5.74) is 2.32. The van der Waals surface area contributed by atoms with E-state index in [0.29, 0.717) is 42.7 Å². The zero-order valence-corrected chi connectivity index (χ0v) is 22.0. The Kier molecular flexibility index (Phi) is 7.46. The molecule has 2 unspecified atom stereocenters. The summed E-state index contributed by atoms with van der Waals surface area (Å²) in [5, 5.41) is 2.89. The maximum absolute atomic E-state index is 14.3. The summed E-state index contributed by atoms with van der Waals surface area (Å²) in [7, 11) is 0. The van der Waals surface area contributed by atoms with Crippen molar-refractivity contribution in [1.82, 2.24) is 9.97 Å². The summed E-state index contributed by atoms with van der Waals surface area (Å²) in [4.78, 5) is 37.4. The van der Waals surface area contributed by atoms with Crippen molar-refractivity contribution in [3.8, 4) is 16.9 Å². The number of rotatable bonds is 6. The molecule has 0 aliphatic carbocycles. The number of Topliss-reactive ketones (excluding diaryl/α,β-unsaturated/α-hetero) is 1. The summed E-state index contributed by atoms with van der Waals surface area (Å²) in [6.07, 6.45) is 5.58. The highest BCUT2D eigenvalue weighted by Crippen LogP contribution is 2.38. The smallest absolute Gasteiger partial charge is 0.326 e. The summed E-state index contributed by atoms with van der Waals surface area (Å²) in [6, 6.07) is 9.24. The van der Waals surface area contributed by atoms with Crippen LogP contribution in [0.15, 0.2) is 48.8 Å². The van der Waals surface area contributed by atoms with Gasteiger partial charge in [0.2, 0.25) is 5.95 Å². The van der Waals surface area contributed by atoms with E-state index in [2.05, 4.69) is 20.2 Å². The van der Waals surface area contributed by atoms with Gasteiger partial charge in [-0.25, -0.2) is 19.2 Å². The van der Waals surface area contributed by atoms with Gasteiger partial charge in [0.1, 0.15) is 23.5 Å². The number of nitrogens with zero attached hydrogens (tertiary/aromatic N) is 4. The van der Waals surface area contributed by atoms with E-state index in [1.807, 2.05) is 25.1 Å². The molecule has 8 nitrogen and oxygen atoms in total. The molecule has 5 rings (SSSR count). The second kappa shape index (κ2) is 10.9. The number of anilines is 3. The van der Waals surface area contributed by atoms with Crippen molar-refractivity contribution >= 4 is 40.7 Å². The van der Waals surface area contributed by atoms with Crippen LogP contribution in [-0.2, 0) is 4.79 Å². The van der Waals surface area contributed by atoms with Gasteiger partial charge in [0.25, 0.3) is 0 Å². The van der Waals surface area contributed by atoms with Gasteiger partial charge in [-0.2, -0.15) is 0 Å². The second-order valence-corrected chi connectivity index (χ2v) is 10.2. The molecule has 1 aromatic heterocycles. The van der Waals surface area contributed by atoms with Crippen LogP contribution in [0.5, 0.6) is 5.75 Å². The number of nitrogens with one attached hydrogen (secondary N) is 1. The predicted octanol–water partition coefficient (Wildman–Crippen LogP) is 5.95. The molecule has 2 aliphatic rings. The minimum Gasteiger partial charge on any atom is -0.486 e. The van der Waals surface area contributed by atoms with Crippen LogP contribution < -0.4 is 19.9 Å². The number of carbonyl (C=O) groups is 2. The molecule has 1 N–H and O–H groups in total. The van der Waals surface area contributed by atoms with Crippen LogP contribution in [0.2, 0.25) is 5.02 Å². The van der Waals surface area contributed by atoms with Crippen molar-refractivity contribution < 1.29 is 18.7 Å². The number of hydrogen-bond donors (Lipinski definition) is 1. The summed E-state index contributed by atoms with van der Waals surface area (Å²) >= 11 is 5.83. The molecule has 2 atom stereocenters. The van der Waals surface area contributed by atoms with E-state index >= 15 is 0 Å². The molecule has 2 aromatic carbocycles. The molecule has 0 spiro atoms. The van der Waals surface area contributed by atoms with E-state index in [1.165, 1.54) is 12.1 Å². The molecule has 0 bridgehead atoms. The van der Waals surface area contributed by atoms with Crippen LogP contribution in [-0.4, -0.2) is 47.5 Å². The van der Waals surface area contributed by atoms with Crippen LogP contribution in [0.3, 0.4) is 0 Å². The van der Waals surface area contributed by atoms with E-state index < -0.39 is 11.8 Å². The van der Waals surface area contributed by atoms with Gasteiger partial charge < -0.3 is 19.7 Å². The van der Waals surface area contributed by atoms with E-state index in [4.69, 9.17) is 16.3 Å². The minimum atomic E-state index is -0.603. The van der Waals surface area contributed by atoms with Gasteiger partial charge in [0.05, 0.1) is 17.9 Å². The lowest BCUT2D eigenvalue weighted by Gasteiger charge is -2.34. The summed E-state index contributed by atoms with van der Waals surface area (Å²) in [5.74, 6) is 1.16. The first-order chi connectivity index (χ1) is 18.3. The minimum absolute atomic E-state index is 0.0555. The summed E-state index contributed by atoms with van der Waals surface area (Å²) < 4.78 is 20.5. The Hall–Kier alpha value is -3.72. The number of urea groups is 1. The molecule has 1 saturated heterocycles. The highest BCUT2D eigenvalue weighted by molar-refractivity contribution is 6.30. The van der Waals surface area contributed by atoms with Crippen molar-refractivity contribution in [2.24, 2.45) is 5.92 Å². The molecular weight excluding hydrogens is 509 g/mol. The molecule has 3 heterocycles. The van der Waals surface area contributed by atoms with E-state index in [9.17, 15) is 14.0 Å². The molecule has 38 heavy (non-hydrogen) atoms. The Bertz CT molecular complexity index is 1350. The normalized spacial score (nSPS) is 18.6. The Balaban J connectivity index is 1.34. The number of benzene rings is 2. The number of ether oxygens (including phenoxy) is 1. The molecular formula is C28H29ClFN5O3. The lowest BCUT2D eigenvalue weighted by atomic mass is 10.0. The van der Waals surface area contributed by atoms with Gasteiger partial charge in [-0.3, -0.25) is 4.90 Å². The van der Waals surface area contributed by atoms with Gasteiger partial charge >= 0.3 is 6.03 Å². The lowest BCUT2D eigenvalue weighted by Crippen LogP contribution is -2.45. The standard InChI is InChI=1S/C28H29ClFN5O3/c1-3-22-16-35(28(37)33-24-6-5-21(29)12-23(24)30)25-7-4-19(11-26(25)38-22)20-13-31-27(32-14-20)34-9-8-18(15-34)10-17(2)36/h4-7,11-14,18,22H,3,8-10,15-16H2,1-2H3,(H,33,37). The molecule has 0 radical (unpaired) electrons. The Morgan fingerprint density at radius 1 is 1.13 bits per heavy atom. The van der Waals surface area contributed by atoms with Crippen LogP contribution in [0.25, 0.3) is 11.1 Å². The zero-order chi connectivity index (χ0) is 26.8. The highest BCUT2D eigenvalue weighted by atomic mass is 35.5. The largest absolute Gasteiger partial charge is 0.486 e. The van der Waals surface area contributed by atoms with Gasteiger partial charge in [-0.1, -0.05) is 24.6 Å². The van der Waals surface area contributed by atoms with E-state index in [0.717, 1.165) is 36.7 Å². The molecule has 3 aromatic rings. The Morgan fingerprint density at radius 2 is 1.92 bits per heavy atom. The third-order valence-corrected chi connectivity index (χ3v) is 7.16. The molecule has 1 fully saturated rings. The average molecular weight is 538 g/mol. The average Bonchev–Trinajstić information content (AvgIpc) is 3.37. The van der Waals surface area contributed by atoms with Crippen LogP contribution in [0.1, 0.15) is 33.1 Å². The van der Waals surface area contributed by atoms with Crippen molar-refractivity contribution in [3.63, 3.8) is 0 Å². The van der Waals surface area contributed by atoms with E-state index in [1.54, 1.807) is 24.2 Å². The van der Waals surface area contributed by atoms with Crippen LogP contribution in [0, 0.1) is 11.7 Å². The summed E-state index contributed by atoms with van der Waals surface area (Å²) in [6.45, 7) is 5.56. The molecule has 2 amide bonds. The fraction of sp³-hybridized carbons (Fsp3) is 0.357. The van der Waals surface area contributed by atoms with Gasteiger partial charge in [0, 0.05) is 42.5 Å². The first-order valence-corrected chi connectivity index (χ1v) is 13.1. The van der Waals surface area contributed by atoms with Crippen molar-refractivity contribution in [3.05, 3.63) is 59.6 Å². The number of carbonyl (C=O) groups excluding carboxylic acids is 2. The maximum Gasteiger partial charge on any atom is 0.326 e. The first-order valence-electron chi connectivity index (χ1n) is 12.7. The maximum atomic E-state index is 14.3. The molecule has 2 aliphatic heterocycles. The van der Waals surface area contributed by atoms with Gasteiger partial charge in [0.15, 0.2) is 0 Å². The Morgan fingerprint density at radius 3 is 2.63 bits per heavy atom. The lowest BCUT2D eigenvalue weighted by molar-refractivity contribution is -0.117. The van der Waals surface area contributed by atoms with Crippen LogP contribution >= 0.6 is 11.6 Å². The van der Waals surface area contributed by atoms with Crippen molar-refractivity contribution in [2.45, 2.75) is 39.2 Å². The number of fused-ring (bicyclic) bond motifs is 1. The number of ketones is 1. The third-order valence-electron chi connectivity index (χ3n) is 6.92. The molecule has 10 heteroatoms.